The van der Waals surface area contributed by atoms with Crippen molar-refractivity contribution in [2.24, 2.45) is 0 Å². The minimum atomic E-state index is -0.889. The highest BCUT2D eigenvalue weighted by molar-refractivity contribution is 5.86. The molecule has 2 nitrogen and oxygen atoms in total. The maximum atomic E-state index is 12.2. The second-order valence-corrected chi connectivity index (χ2v) is 1.54. The first kappa shape index (κ1) is 6.01. The summed E-state index contributed by atoms with van der Waals surface area (Å²) in [7, 11) is 0. The van der Waals surface area contributed by atoms with Gasteiger partial charge in [0, 0.05) is 0 Å². The van der Waals surface area contributed by atoms with Crippen molar-refractivity contribution in [3.05, 3.63) is 24.1 Å². The molecule has 1 aliphatic rings. The molecule has 0 saturated carbocycles. The number of carbonyl (C=O) groups is 1. The molecule has 0 aromatic carbocycles. The predicted molar refractivity (Wildman–Crippen MR) is 29.3 cm³/mol. The fourth-order valence-corrected chi connectivity index (χ4v) is 0.469. The van der Waals surface area contributed by atoms with Crippen LogP contribution in [0.4, 0.5) is 4.39 Å². The molecule has 1 rings (SSSR count). The fraction of sp³-hybridized carbons (Fsp3) is 0.167. The number of hydrogen-bond acceptors (Lipinski definition) is 2. The molecule has 1 aliphatic heterocycles. The number of hydrogen-bond donors (Lipinski definition) is 0. The molecule has 0 spiro atoms. The first-order chi connectivity index (χ1) is 4.30. The van der Waals surface area contributed by atoms with Crippen LogP contribution in [0, 0.1) is 0 Å². The first-order valence-electron chi connectivity index (χ1n) is 2.50. The standard InChI is InChI=1S/C6H5FO2/c7-5-3-1-2-4-9-6(5)8/h1-3H,4H2. The van der Waals surface area contributed by atoms with E-state index in [2.05, 4.69) is 4.74 Å². The number of ether oxygens (including phenoxy) is 1. The summed E-state index contributed by atoms with van der Waals surface area (Å²) in [6.07, 6.45) is 4.08. The van der Waals surface area contributed by atoms with Crippen molar-refractivity contribution in [3.63, 3.8) is 0 Å². The topological polar surface area (TPSA) is 26.3 Å². The summed E-state index contributed by atoms with van der Waals surface area (Å²) in [4.78, 5) is 10.3. The zero-order chi connectivity index (χ0) is 6.69. The van der Waals surface area contributed by atoms with E-state index in [1.54, 1.807) is 6.08 Å². The van der Waals surface area contributed by atoms with Gasteiger partial charge >= 0.3 is 5.97 Å². The summed E-state index contributed by atoms with van der Waals surface area (Å²) >= 11 is 0. The summed E-state index contributed by atoms with van der Waals surface area (Å²) in [5, 5.41) is 0. The molecule has 9 heavy (non-hydrogen) atoms. The lowest BCUT2D eigenvalue weighted by Crippen LogP contribution is -2.02. The SMILES string of the molecule is O=C1OCC=CC=C1F. The normalized spacial score (nSPS) is 18.3. The summed E-state index contributed by atoms with van der Waals surface area (Å²) in [5.74, 6) is -1.73. The summed E-state index contributed by atoms with van der Waals surface area (Å²) in [5.41, 5.74) is 0. The lowest BCUT2D eigenvalue weighted by molar-refractivity contribution is -0.139. The van der Waals surface area contributed by atoms with E-state index in [0.717, 1.165) is 6.08 Å². The van der Waals surface area contributed by atoms with Crippen molar-refractivity contribution in [3.8, 4) is 0 Å². The second-order valence-electron chi connectivity index (χ2n) is 1.54. The maximum absolute atomic E-state index is 12.2. The van der Waals surface area contributed by atoms with Gasteiger partial charge in [-0.3, -0.25) is 0 Å². The van der Waals surface area contributed by atoms with Crippen molar-refractivity contribution in [2.75, 3.05) is 6.61 Å². The van der Waals surface area contributed by atoms with Gasteiger partial charge < -0.3 is 4.74 Å². The van der Waals surface area contributed by atoms with Crippen LogP contribution < -0.4 is 0 Å². The van der Waals surface area contributed by atoms with Crippen molar-refractivity contribution in [1.82, 2.24) is 0 Å². The molecule has 0 aliphatic carbocycles. The van der Waals surface area contributed by atoms with E-state index in [1.165, 1.54) is 6.08 Å². The molecule has 1 heterocycles. The third kappa shape index (κ3) is 1.38. The van der Waals surface area contributed by atoms with E-state index < -0.39 is 11.8 Å². The van der Waals surface area contributed by atoms with Crippen LogP contribution >= 0.6 is 0 Å². The molecule has 0 amide bonds. The Morgan fingerprint density at radius 2 is 2.44 bits per heavy atom. The molecule has 0 saturated heterocycles. The minimum Gasteiger partial charge on any atom is -0.456 e. The van der Waals surface area contributed by atoms with Gasteiger partial charge in [0.05, 0.1) is 0 Å². The molecule has 3 heteroatoms. The molecular weight excluding hydrogens is 123 g/mol. The van der Waals surface area contributed by atoms with Gasteiger partial charge in [-0.05, 0) is 12.2 Å². The Bertz CT molecular complexity index is 181. The molecule has 0 bridgehead atoms. The van der Waals surface area contributed by atoms with Gasteiger partial charge in [-0.1, -0.05) is 6.08 Å². The Kier molecular flexibility index (Phi) is 1.63. The van der Waals surface area contributed by atoms with Crippen LogP contribution in [-0.2, 0) is 9.53 Å². The van der Waals surface area contributed by atoms with Crippen molar-refractivity contribution < 1.29 is 13.9 Å². The van der Waals surface area contributed by atoms with Crippen molar-refractivity contribution in [2.45, 2.75) is 0 Å². The highest BCUT2D eigenvalue weighted by atomic mass is 19.1. The lowest BCUT2D eigenvalue weighted by atomic mass is 10.4. The number of esters is 1. The van der Waals surface area contributed by atoms with E-state index in [0.29, 0.717) is 0 Å². The molecule has 0 atom stereocenters. The number of cyclic esters (lactones) is 1. The van der Waals surface area contributed by atoms with Crippen LogP contribution in [0.3, 0.4) is 0 Å². The second kappa shape index (κ2) is 2.44. The molecule has 0 unspecified atom stereocenters. The van der Waals surface area contributed by atoms with Gasteiger partial charge in [-0.25, -0.2) is 4.79 Å². The fourth-order valence-electron chi connectivity index (χ4n) is 0.469. The molecule has 0 N–H and O–H groups in total. The Balaban J connectivity index is 2.74. The molecule has 0 aromatic rings. The Morgan fingerprint density at radius 1 is 1.67 bits per heavy atom. The van der Waals surface area contributed by atoms with Crippen LogP contribution in [0.25, 0.3) is 0 Å². The third-order valence-electron chi connectivity index (χ3n) is 0.884. The highest BCUT2D eigenvalue weighted by Gasteiger charge is 2.09. The van der Waals surface area contributed by atoms with Crippen LogP contribution in [0.2, 0.25) is 0 Å². The summed E-state index contributed by atoms with van der Waals surface area (Å²) in [6, 6.07) is 0. The van der Waals surface area contributed by atoms with E-state index in [9.17, 15) is 9.18 Å². The monoisotopic (exact) mass is 128 g/mol. The smallest absolute Gasteiger partial charge is 0.367 e. The number of halogens is 1. The van der Waals surface area contributed by atoms with Crippen molar-refractivity contribution in [1.29, 1.82) is 0 Å². The van der Waals surface area contributed by atoms with E-state index in [4.69, 9.17) is 0 Å². The third-order valence-corrected chi connectivity index (χ3v) is 0.884. The van der Waals surface area contributed by atoms with Gasteiger partial charge in [0.25, 0.3) is 0 Å². The molecule has 0 fully saturated rings. The Morgan fingerprint density at radius 3 is 3.22 bits per heavy atom. The van der Waals surface area contributed by atoms with E-state index in [-0.39, 0.29) is 6.61 Å². The molecule has 48 valence electrons. The van der Waals surface area contributed by atoms with Crippen LogP contribution in [0.15, 0.2) is 24.1 Å². The molecule has 0 aromatic heterocycles. The Hall–Kier alpha value is -1.12. The first-order valence-corrected chi connectivity index (χ1v) is 2.50. The minimum absolute atomic E-state index is 0.156. The zero-order valence-corrected chi connectivity index (χ0v) is 4.63. The summed E-state index contributed by atoms with van der Waals surface area (Å²) < 4.78 is 16.5. The van der Waals surface area contributed by atoms with E-state index >= 15 is 0 Å². The van der Waals surface area contributed by atoms with Gasteiger partial charge in [-0.2, -0.15) is 4.39 Å². The van der Waals surface area contributed by atoms with Crippen LogP contribution in [-0.4, -0.2) is 12.6 Å². The predicted octanol–water partition coefficient (Wildman–Crippen LogP) is 0.953. The number of allylic oxidation sites excluding steroid dienone is 2. The van der Waals surface area contributed by atoms with Crippen molar-refractivity contribution >= 4 is 5.97 Å². The van der Waals surface area contributed by atoms with Crippen LogP contribution in [0.1, 0.15) is 0 Å². The average Bonchev–Trinajstić information content (AvgIpc) is 1.99. The average molecular weight is 128 g/mol. The quantitative estimate of drug-likeness (QED) is 0.454. The van der Waals surface area contributed by atoms with Gasteiger partial charge in [-0.15, -0.1) is 0 Å². The molecular formula is C6H5FO2. The zero-order valence-electron chi connectivity index (χ0n) is 4.63. The molecule has 0 radical (unpaired) electrons. The Labute approximate surface area is 51.6 Å². The lowest BCUT2D eigenvalue weighted by Gasteiger charge is -1.93. The van der Waals surface area contributed by atoms with Crippen LogP contribution in [0.5, 0.6) is 0 Å². The van der Waals surface area contributed by atoms with E-state index in [1.807, 2.05) is 0 Å². The largest absolute Gasteiger partial charge is 0.456 e. The van der Waals surface area contributed by atoms with Gasteiger partial charge in [0.2, 0.25) is 5.83 Å². The summed E-state index contributed by atoms with van der Waals surface area (Å²) in [6.45, 7) is 0.156. The highest BCUT2D eigenvalue weighted by Crippen LogP contribution is 2.02. The van der Waals surface area contributed by atoms with Gasteiger partial charge in [0.15, 0.2) is 0 Å². The number of rotatable bonds is 0. The number of carbonyl (C=O) groups excluding carboxylic acids is 1. The maximum Gasteiger partial charge on any atom is 0.367 e. The van der Waals surface area contributed by atoms with Gasteiger partial charge in [0.1, 0.15) is 6.61 Å².